The highest BCUT2D eigenvalue weighted by Crippen LogP contribution is 2.40. The van der Waals surface area contributed by atoms with Crippen molar-refractivity contribution in [1.29, 1.82) is 0 Å². The summed E-state index contributed by atoms with van der Waals surface area (Å²) in [6, 6.07) is 16.2. The molecule has 33 heavy (non-hydrogen) atoms. The van der Waals surface area contributed by atoms with Crippen LogP contribution in [-0.4, -0.2) is 32.6 Å². The summed E-state index contributed by atoms with van der Waals surface area (Å²) < 4.78 is 11.8. The lowest BCUT2D eigenvalue weighted by Crippen LogP contribution is -2.09. The first-order chi connectivity index (χ1) is 15.7. The number of ether oxygens (including phenoxy) is 2. The fraction of sp³-hybridized carbons (Fsp3) is 0.160. The molecule has 8 nitrogen and oxygen atoms in total. The molecule has 0 aliphatic rings. The molecule has 0 amide bonds. The summed E-state index contributed by atoms with van der Waals surface area (Å²) in [4.78, 5) is 40.2. The average molecular weight is 443 g/mol. The van der Waals surface area contributed by atoms with Crippen LogP contribution in [-0.2, 0) is 9.59 Å². The van der Waals surface area contributed by atoms with Crippen LogP contribution in [0.25, 0.3) is 33.4 Å². The molecular weight excluding hydrogens is 422 g/mol. The van der Waals surface area contributed by atoms with Crippen molar-refractivity contribution in [2.75, 3.05) is 0 Å². The Labute approximate surface area is 189 Å². The molecule has 2 aromatic heterocycles. The van der Waals surface area contributed by atoms with Gasteiger partial charge in [0.25, 0.3) is 0 Å². The van der Waals surface area contributed by atoms with E-state index in [0.717, 1.165) is 10.9 Å². The molecule has 0 saturated carbocycles. The summed E-state index contributed by atoms with van der Waals surface area (Å²) in [5.74, 6) is -0.961. The lowest BCUT2D eigenvalue weighted by molar-refractivity contribution is -0.132. The molecule has 166 valence electrons. The molecule has 4 rings (SSSR count). The molecule has 2 heterocycles. The molecule has 0 spiro atoms. The summed E-state index contributed by atoms with van der Waals surface area (Å²) in [6.45, 7) is 5.75. The number of fused-ring (bicyclic) bond motifs is 1. The molecule has 4 aromatic rings. The van der Waals surface area contributed by atoms with Crippen molar-refractivity contribution < 1.29 is 23.9 Å². The first-order valence-corrected chi connectivity index (χ1v) is 10.2. The van der Waals surface area contributed by atoms with E-state index < -0.39 is 11.9 Å². The Balaban J connectivity index is 1.97. The maximum atomic E-state index is 12.3. The van der Waals surface area contributed by atoms with Gasteiger partial charge in [-0.05, 0) is 31.2 Å². The standard InChI is InChI=1S/C25H21N3O5/c1-14-24(22-12-9-18-7-5-6-8-21(18)26-22)25(27-28(14)15(2)29)20-11-10-19(32-16(3)30)13-23(20)33-17(4)31/h5-13H,1-4H3. The van der Waals surface area contributed by atoms with E-state index in [2.05, 4.69) is 5.10 Å². The SMILES string of the molecule is CC(=O)Oc1ccc(-c2nn(C(C)=O)c(C)c2-c2ccc3ccccc3n2)c(OC(C)=O)c1. The van der Waals surface area contributed by atoms with E-state index in [9.17, 15) is 14.4 Å². The van der Waals surface area contributed by atoms with Crippen molar-refractivity contribution >= 4 is 28.7 Å². The number of hydrogen-bond donors (Lipinski definition) is 0. The highest BCUT2D eigenvalue weighted by Gasteiger charge is 2.24. The molecule has 0 aliphatic heterocycles. The predicted molar refractivity (Wildman–Crippen MR) is 122 cm³/mol. The number of hydrogen-bond acceptors (Lipinski definition) is 7. The number of para-hydroxylation sites is 1. The minimum Gasteiger partial charge on any atom is -0.427 e. The van der Waals surface area contributed by atoms with Gasteiger partial charge in [-0.3, -0.25) is 14.4 Å². The number of aromatic nitrogens is 3. The Morgan fingerprint density at radius 2 is 1.61 bits per heavy atom. The third kappa shape index (κ3) is 4.36. The van der Waals surface area contributed by atoms with Gasteiger partial charge in [-0.15, -0.1) is 0 Å². The van der Waals surface area contributed by atoms with Gasteiger partial charge < -0.3 is 9.47 Å². The van der Waals surface area contributed by atoms with Gasteiger partial charge in [0.2, 0.25) is 5.91 Å². The second-order valence-electron chi connectivity index (χ2n) is 7.47. The predicted octanol–water partition coefficient (Wildman–Crippen LogP) is 4.58. The molecular formula is C25H21N3O5. The number of carbonyl (C=O) groups is 3. The fourth-order valence-electron chi connectivity index (χ4n) is 3.68. The summed E-state index contributed by atoms with van der Waals surface area (Å²) in [7, 11) is 0. The number of nitrogens with zero attached hydrogens (tertiary/aromatic N) is 3. The van der Waals surface area contributed by atoms with Crippen molar-refractivity contribution in [3.63, 3.8) is 0 Å². The topological polar surface area (TPSA) is 100 Å². The van der Waals surface area contributed by atoms with Crippen LogP contribution in [0.4, 0.5) is 0 Å². The van der Waals surface area contributed by atoms with Gasteiger partial charge in [0, 0.05) is 43.4 Å². The molecule has 0 aliphatic carbocycles. The van der Waals surface area contributed by atoms with Gasteiger partial charge in [0.15, 0.2) is 0 Å². The Morgan fingerprint density at radius 1 is 0.879 bits per heavy atom. The van der Waals surface area contributed by atoms with E-state index in [0.29, 0.717) is 28.2 Å². The Kier molecular flexibility index (Phi) is 5.74. The van der Waals surface area contributed by atoms with Crippen molar-refractivity contribution in [3.05, 3.63) is 60.3 Å². The number of benzene rings is 2. The smallest absolute Gasteiger partial charge is 0.308 e. The van der Waals surface area contributed by atoms with Crippen molar-refractivity contribution in [2.45, 2.75) is 27.7 Å². The van der Waals surface area contributed by atoms with E-state index >= 15 is 0 Å². The van der Waals surface area contributed by atoms with Crippen LogP contribution >= 0.6 is 0 Å². The summed E-state index contributed by atoms with van der Waals surface area (Å²) >= 11 is 0. The zero-order valence-electron chi connectivity index (χ0n) is 18.6. The highest BCUT2D eigenvalue weighted by molar-refractivity contribution is 5.91. The van der Waals surface area contributed by atoms with Gasteiger partial charge in [-0.25, -0.2) is 9.67 Å². The van der Waals surface area contributed by atoms with Crippen molar-refractivity contribution in [3.8, 4) is 34.0 Å². The third-order valence-corrected chi connectivity index (χ3v) is 4.99. The van der Waals surface area contributed by atoms with E-state index in [1.54, 1.807) is 19.1 Å². The molecule has 8 heteroatoms. The van der Waals surface area contributed by atoms with Crippen LogP contribution in [0.15, 0.2) is 54.6 Å². The molecule has 2 aromatic carbocycles. The molecule has 0 radical (unpaired) electrons. The Hall–Kier alpha value is -4.33. The van der Waals surface area contributed by atoms with Gasteiger partial charge in [0.05, 0.1) is 16.9 Å². The molecule has 0 atom stereocenters. The maximum absolute atomic E-state index is 12.3. The number of pyridine rings is 1. The average Bonchev–Trinajstić information content (AvgIpc) is 3.10. The van der Waals surface area contributed by atoms with Crippen LogP contribution in [0, 0.1) is 6.92 Å². The van der Waals surface area contributed by atoms with E-state index in [1.165, 1.54) is 31.5 Å². The quantitative estimate of drug-likeness (QED) is 0.336. The first kappa shape index (κ1) is 21.9. The maximum Gasteiger partial charge on any atom is 0.308 e. The minimum atomic E-state index is -0.552. The lowest BCUT2D eigenvalue weighted by Gasteiger charge is -2.11. The first-order valence-electron chi connectivity index (χ1n) is 10.2. The molecule has 0 saturated heterocycles. The van der Waals surface area contributed by atoms with Crippen LogP contribution in [0.2, 0.25) is 0 Å². The highest BCUT2D eigenvalue weighted by atomic mass is 16.5. The van der Waals surface area contributed by atoms with Crippen LogP contribution in [0.5, 0.6) is 11.5 Å². The van der Waals surface area contributed by atoms with Gasteiger partial charge in [-0.2, -0.15) is 5.10 Å². The van der Waals surface area contributed by atoms with Crippen LogP contribution < -0.4 is 9.47 Å². The van der Waals surface area contributed by atoms with Gasteiger partial charge >= 0.3 is 11.9 Å². The monoisotopic (exact) mass is 443 g/mol. The largest absolute Gasteiger partial charge is 0.427 e. The van der Waals surface area contributed by atoms with E-state index in [1.807, 2.05) is 36.4 Å². The number of carbonyl (C=O) groups excluding carboxylic acids is 3. The lowest BCUT2D eigenvalue weighted by atomic mass is 10.0. The minimum absolute atomic E-state index is 0.150. The Morgan fingerprint density at radius 3 is 2.30 bits per heavy atom. The summed E-state index contributed by atoms with van der Waals surface area (Å²) in [5.41, 5.74) is 3.50. The van der Waals surface area contributed by atoms with Crippen molar-refractivity contribution in [1.82, 2.24) is 14.8 Å². The number of rotatable bonds is 4. The van der Waals surface area contributed by atoms with Gasteiger partial charge in [-0.1, -0.05) is 24.3 Å². The third-order valence-electron chi connectivity index (χ3n) is 4.99. The second kappa shape index (κ2) is 8.66. The zero-order chi connectivity index (χ0) is 23.7. The second-order valence-corrected chi connectivity index (χ2v) is 7.47. The van der Waals surface area contributed by atoms with E-state index in [-0.39, 0.29) is 17.4 Å². The van der Waals surface area contributed by atoms with Crippen LogP contribution in [0.1, 0.15) is 31.3 Å². The summed E-state index contributed by atoms with van der Waals surface area (Å²) in [5, 5.41) is 5.50. The van der Waals surface area contributed by atoms with E-state index in [4.69, 9.17) is 14.5 Å². The molecule has 0 bridgehead atoms. The fourth-order valence-corrected chi connectivity index (χ4v) is 3.68. The van der Waals surface area contributed by atoms with Crippen molar-refractivity contribution in [2.24, 2.45) is 0 Å². The molecule has 0 fully saturated rings. The van der Waals surface area contributed by atoms with Crippen LogP contribution in [0.3, 0.4) is 0 Å². The Bertz CT molecular complexity index is 1420. The number of esters is 2. The summed E-state index contributed by atoms with van der Waals surface area (Å²) in [6.07, 6.45) is 0. The normalized spacial score (nSPS) is 10.8. The zero-order valence-corrected chi connectivity index (χ0v) is 18.6. The molecule has 0 N–H and O–H groups in total. The molecule has 0 unspecified atom stereocenters. The van der Waals surface area contributed by atoms with Gasteiger partial charge in [0.1, 0.15) is 17.2 Å².